The summed E-state index contributed by atoms with van der Waals surface area (Å²) in [6.07, 6.45) is 6.70. The van der Waals surface area contributed by atoms with Gasteiger partial charge in [-0.1, -0.05) is 26.0 Å². The van der Waals surface area contributed by atoms with E-state index in [9.17, 15) is 20.0 Å². The Balaban J connectivity index is 1.37. The number of hydrogen-bond acceptors (Lipinski definition) is 7. The van der Waals surface area contributed by atoms with Crippen molar-refractivity contribution < 1.29 is 19.4 Å². The number of hydrogen-bond donors (Lipinski definition) is 2. The van der Waals surface area contributed by atoms with Crippen LogP contribution in [0.3, 0.4) is 0 Å². The lowest BCUT2D eigenvalue weighted by Gasteiger charge is -2.40. The molecule has 2 aliphatic heterocycles. The molecule has 4 fully saturated rings. The van der Waals surface area contributed by atoms with Crippen LogP contribution in [0, 0.1) is 28.1 Å². The zero-order valence-corrected chi connectivity index (χ0v) is 21.5. The van der Waals surface area contributed by atoms with E-state index in [1.54, 1.807) is 4.68 Å². The Hall–Kier alpha value is -2.51. The summed E-state index contributed by atoms with van der Waals surface area (Å²) in [5.41, 5.74) is 0.274. The molecular formula is C26H38N6O4. The molecule has 0 aromatic carbocycles. The molecule has 1 spiro atoms. The van der Waals surface area contributed by atoms with E-state index in [0.717, 1.165) is 44.2 Å². The summed E-state index contributed by atoms with van der Waals surface area (Å²) in [6, 6.07) is 0.676. The fraction of sp³-hybridized carbons (Fsp3) is 0.808. The summed E-state index contributed by atoms with van der Waals surface area (Å²) in [4.78, 5) is 29.2. The molecule has 196 valence electrons. The van der Waals surface area contributed by atoms with Gasteiger partial charge in [-0.3, -0.25) is 9.59 Å². The maximum absolute atomic E-state index is 14.0. The molecule has 2 unspecified atom stereocenters. The first-order chi connectivity index (χ1) is 17.1. The zero-order chi connectivity index (χ0) is 25.7. The molecule has 1 aromatic rings. The van der Waals surface area contributed by atoms with Crippen molar-refractivity contribution in [3.05, 3.63) is 11.9 Å². The maximum atomic E-state index is 14.0. The summed E-state index contributed by atoms with van der Waals surface area (Å²) in [5.74, 6) is -0.377. The van der Waals surface area contributed by atoms with E-state index in [1.165, 1.54) is 4.90 Å². The van der Waals surface area contributed by atoms with Crippen molar-refractivity contribution in [1.29, 1.82) is 5.26 Å². The van der Waals surface area contributed by atoms with Gasteiger partial charge in [-0.2, -0.15) is 5.26 Å². The average Bonchev–Trinajstić information content (AvgIpc) is 3.31. The zero-order valence-electron chi connectivity index (χ0n) is 21.5. The molecule has 5 atom stereocenters. The summed E-state index contributed by atoms with van der Waals surface area (Å²) in [7, 11) is 0. The molecule has 10 nitrogen and oxygen atoms in total. The third-order valence-electron chi connectivity index (χ3n) is 8.67. The van der Waals surface area contributed by atoms with Gasteiger partial charge in [0.2, 0.25) is 11.8 Å². The highest BCUT2D eigenvalue weighted by molar-refractivity contribution is 5.90. The van der Waals surface area contributed by atoms with E-state index in [1.807, 2.05) is 27.0 Å². The van der Waals surface area contributed by atoms with E-state index >= 15 is 0 Å². The van der Waals surface area contributed by atoms with Gasteiger partial charge in [0.25, 0.3) is 0 Å². The SMILES string of the molecule is CC(C)(C)[C@@H](C(=O)N1C[C@H](O)C[C@H]1C(=O)NC1C(C#N)CCC12CCOCC2)n1cc(C2CC2)nn1. The third-order valence-corrected chi connectivity index (χ3v) is 8.67. The van der Waals surface area contributed by atoms with Crippen LogP contribution in [0.5, 0.6) is 0 Å². The van der Waals surface area contributed by atoms with E-state index in [-0.39, 0.29) is 42.2 Å². The van der Waals surface area contributed by atoms with Crippen molar-refractivity contribution in [3.8, 4) is 6.07 Å². The molecule has 0 radical (unpaired) electrons. The molecule has 2 N–H and O–H groups in total. The first-order valence-corrected chi connectivity index (χ1v) is 13.3. The van der Waals surface area contributed by atoms with E-state index in [2.05, 4.69) is 21.7 Å². The van der Waals surface area contributed by atoms with Gasteiger partial charge in [0.05, 0.1) is 29.8 Å². The maximum Gasteiger partial charge on any atom is 0.248 e. The number of likely N-dealkylation sites (tertiary alicyclic amines) is 1. The molecule has 2 saturated heterocycles. The second kappa shape index (κ2) is 9.42. The van der Waals surface area contributed by atoms with Crippen LogP contribution in [0.15, 0.2) is 6.20 Å². The molecule has 2 saturated carbocycles. The van der Waals surface area contributed by atoms with Crippen LogP contribution < -0.4 is 5.32 Å². The summed E-state index contributed by atoms with van der Waals surface area (Å²) in [5, 5.41) is 32.1. The standard InChI is InChI=1S/C26H38N6O4/c1-25(2,3)22(32-15-19(29-30-32)16-4-5-16)24(35)31-14-18(33)12-20(31)23(34)28-21-17(13-27)6-7-26(21)8-10-36-11-9-26/h15-18,20-22,33H,4-12,14H2,1-3H3,(H,28,34)/t17?,18-,20+,21?,22-/m1/s1. The minimum atomic E-state index is -0.791. The monoisotopic (exact) mass is 498 g/mol. The number of nitrogens with zero attached hydrogens (tertiary/aromatic N) is 5. The van der Waals surface area contributed by atoms with Gasteiger partial charge in [-0.05, 0) is 49.4 Å². The summed E-state index contributed by atoms with van der Waals surface area (Å²) in [6.45, 7) is 7.28. The average molecular weight is 499 g/mol. The summed E-state index contributed by atoms with van der Waals surface area (Å²) >= 11 is 0. The van der Waals surface area contributed by atoms with Crippen molar-refractivity contribution in [3.63, 3.8) is 0 Å². The highest BCUT2D eigenvalue weighted by Crippen LogP contribution is 2.49. The van der Waals surface area contributed by atoms with E-state index in [4.69, 9.17) is 4.74 Å². The number of rotatable bonds is 5. The Morgan fingerprint density at radius 3 is 2.61 bits per heavy atom. The topological polar surface area (TPSA) is 133 Å². The molecule has 2 amide bonds. The number of nitriles is 1. The first-order valence-electron chi connectivity index (χ1n) is 13.3. The molecule has 5 rings (SSSR count). The minimum absolute atomic E-state index is 0.0962. The first kappa shape index (κ1) is 25.2. The second-order valence-corrected chi connectivity index (χ2v) is 12.3. The lowest BCUT2D eigenvalue weighted by molar-refractivity contribution is -0.144. The van der Waals surface area contributed by atoms with Gasteiger partial charge in [0.1, 0.15) is 12.1 Å². The van der Waals surface area contributed by atoms with Crippen molar-refractivity contribution in [1.82, 2.24) is 25.2 Å². The molecule has 36 heavy (non-hydrogen) atoms. The molecule has 2 aliphatic carbocycles. The number of aromatic nitrogens is 3. The molecule has 10 heteroatoms. The van der Waals surface area contributed by atoms with Crippen LogP contribution in [0.4, 0.5) is 0 Å². The van der Waals surface area contributed by atoms with Crippen LogP contribution in [0.25, 0.3) is 0 Å². The van der Waals surface area contributed by atoms with Gasteiger partial charge in [-0.25, -0.2) is 4.68 Å². The highest BCUT2D eigenvalue weighted by atomic mass is 16.5. The highest BCUT2D eigenvalue weighted by Gasteiger charge is 2.52. The largest absolute Gasteiger partial charge is 0.391 e. The number of amides is 2. The Kier molecular flexibility index (Phi) is 6.58. The number of β-amino-alcohol motifs (C(OH)–C–C–N with tert-alkyl or cyclic N) is 1. The number of ether oxygens (including phenoxy) is 1. The van der Waals surface area contributed by atoms with Gasteiger partial charge in [0.15, 0.2) is 0 Å². The predicted octanol–water partition coefficient (Wildman–Crippen LogP) is 1.92. The Labute approximate surface area is 212 Å². The van der Waals surface area contributed by atoms with Crippen LogP contribution in [0.1, 0.15) is 83.4 Å². The van der Waals surface area contributed by atoms with Crippen molar-refractivity contribution in [2.24, 2.45) is 16.7 Å². The summed E-state index contributed by atoms with van der Waals surface area (Å²) < 4.78 is 7.20. The molecule has 0 bridgehead atoms. The van der Waals surface area contributed by atoms with Gasteiger partial charge in [0, 0.05) is 38.3 Å². The molecule has 3 heterocycles. The smallest absolute Gasteiger partial charge is 0.248 e. The quantitative estimate of drug-likeness (QED) is 0.633. The Bertz CT molecular complexity index is 1030. The van der Waals surface area contributed by atoms with Gasteiger partial charge < -0.3 is 20.1 Å². The van der Waals surface area contributed by atoms with Crippen molar-refractivity contribution >= 4 is 11.8 Å². The van der Waals surface area contributed by atoms with E-state index in [0.29, 0.717) is 19.1 Å². The number of carbonyl (C=O) groups excluding carboxylic acids is 2. The molecule has 1 aromatic heterocycles. The van der Waals surface area contributed by atoms with Crippen LogP contribution in [-0.4, -0.2) is 74.8 Å². The second-order valence-electron chi connectivity index (χ2n) is 12.3. The number of aliphatic hydroxyl groups is 1. The molecule has 4 aliphatic rings. The molecular weight excluding hydrogens is 460 g/mol. The number of nitrogens with one attached hydrogen (secondary N) is 1. The predicted molar refractivity (Wildman–Crippen MR) is 129 cm³/mol. The fourth-order valence-electron chi connectivity index (χ4n) is 6.50. The van der Waals surface area contributed by atoms with Crippen LogP contribution in [-0.2, 0) is 14.3 Å². The van der Waals surface area contributed by atoms with Gasteiger partial charge in [-0.15, -0.1) is 5.10 Å². The van der Waals surface area contributed by atoms with E-state index < -0.39 is 23.6 Å². The normalized spacial score (nSPS) is 30.8. The Morgan fingerprint density at radius 1 is 1.25 bits per heavy atom. The lowest BCUT2D eigenvalue weighted by Crippen LogP contribution is -2.56. The fourth-order valence-corrected chi connectivity index (χ4v) is 6.50. The lowest BCUT2D eigenvalue weighted by atomic mass is 9.74. The minimum Gasteiger partial charge on any atom is -0.391 e. The van der Waals surface area contributed by atoms with Crippen molar-refractivity contribution in [2.45, 2.75) is 95.9 Å². The van der Waals surface area contributed by atoms with Gasteiger partial charge >= 0.3 is 0 Å². The van der Waals surface area contributed by atoms with Crippen molar-refractivity contribution in [2.75, 3.05) is 19.8 Å². The third kappa shape index (κ3) is 4.63. The van der Waals surface area contributed by atoms with Crippen LogP contribution >= 0.6 is 0 Å². The number of carbonyl (C=O) groups is 2. The number of aliphatic hydroxyl groups excluding tert-OH is 1. The Morgan fingerprint density at radius 2 is 1.97 bits per heavy atom. The van der Waals surface area contributed by atoms with Crippen LogP contribution in [0.2, 0.25) is 0 Å².